The lowest BCUT2D eigenvalue weighted by Gasteiger charge is -1.86. The summed E-state index contributed by atoms with van der Waals surface area (Å²) in [5, 5.41) is 15.8. The van der Waals surface area contributed by atoms with Gasteiger partial charge in [-0.1, -0.05) is 30.3 Å². The number of carboxylic acid groups (broad SMARTS) is 1. The van der Waals surface area contributed by atoms with Crippen molar-refractivity contribution in [1.82, 2.24) is 0 Å². The predicted molar refractivity (Wildman–Crippen MR) is 51.4 cm³/mol. The molecule has 3 heteroatoms. The molecule has 1 aromatic rings. The highest BCUT2D eigenvalue weighted by molar-refractivity contribution is 5.62. The van der Waals surface area contributed by atoms with Gasteiger partial charge in [0.2, 0.25) is 0 Å². The maximum absolute atomic E-state index is 9.00. The zero-order valence-corrected chi connectivity index (χ0v) is 7.34. The van der Waals surface area contributed by atoms with Crippen molar-refractivity contribution in [2.45, 2.75) is 6.92 Å². The molecule has 0 heterocycles. The van der Waals surface area contributed by atoms with Gasteiger partial charge in [-0.15, -0.1) is 0 Å². The molecule has 0 aliphatic heterocycles. The summed E-state index contributed by atoms with van der Waals surface area (Å²) < 4.78 is 0. The number of aliphatic carboxylic acids is 1. The van der Waals surface area contributed by atoms with Crippen molar-refractivity contribution in [3.05, 3.63) is 42.2 Å². The highest BCUT2D eigenvalue weighted by atomic mass is 16.4. The fourth-order valence-corrected chi connectivity index (χ4v) is 0.650. The number of benzene rings is 1. The molecule has 0 unspecified atom stereocenters. The number of hydrogen-bond donors (Lipinski definition) is 2. The Balaban J connectivity index is 0.000000310. The van der Waals surface area contributed by atoms with E-state index in [1.807, 2.05) is 30.3 Å². The van der Waals surface area contributed by atoms with Crippen LogP contribution in [-0.2, 0) is 4.79 Å². The minimum absolute atomic E-state index is 0.833. The first-order valence-electron chi connectivity index (χ1n) is 3.72. The Morgan fingerprint density at radius 2 is 1.77 bits per heavy atom. The van der Waals surface area contributed by atoms with Gasteiger partial charge in [0.1, 0.15) is 0 Å². The SMILES string of the molecule is CC(=O)O.O/C=C/c1ccccc1. The number of carboxylic acids is 1. The molecule has 0 aliphatic rings. The highest BCUT2D eigenvalue weighted by Crippen LogP contribution is 1.98. The first-order chi connectivity index (χ1) is 6.16. The fraction of sp³-hybridized carbons (Fsp3) is 0.100. The lowest BCUT2D eigenvalue weighted by Crippen LogP contribution is -1.78. The van der Waals surface area contributed by atoms with Gasteiger partial charge >= 0.3 is 0 Å². The minimum Gasteiger partial charge on any atom is -0.516 e. The molecule has 0 saturated carbocycles. The predicted octanol–water partition coefficient (Wildman–Crippen LogP) is 2.31. The summed E-state index contributed by atoms with van der Waals surface area (Å²) in [6.45, 7) is 1.08. The number of hydrogen-bond acceptors (Lipinski definition) is 2. The molecule has 0 atom stereocenters. The Morgan fingerprint density at radius 3 is 2.15 bits per heavy atom. The summed E-state index contributed by atoms with van der Waals surface area (Å²) in [6, 6.07) is 9.64. The summed E-state index contributed by atoms with van der Waals surface area (Å²) in [5.74, 6) is -0.833. The summed E-state index contributed by atoms with van der Waals surface area (Å²) in [5.41, 5.74) is 1.01. The molecule has 3 nitrogen and oxygen atoms in total. The van der Waals surface area contributed by atoms with Crippen LogP contribution >= 0.6 is 0 Å². The molecule has 0 radical (unpaired) electrons. The topological polar surface area (TPSA) is 57.5 Å². The normalized spacial score (nSPS) is 9.00. The number of aliphatic hydroxyl groups excluding tert-OH is 1. The van der Waals surface area contributed by atoms with E-state index in [1.165, 1.54) is 0 Å². The van der Waals surface area contributed by atoms with E-state index in [2.05, 4.69) is 0 Å². The second-order valence-corrected chi connectivity index (χ2v) is 2.25. The Morgan fingerprint density at radius 1 is 1.31 bits per heavy atom. The quantitative estimate of drug-likeness (QED) is 0.652. The molecule has 0 saturated heterocycles. The molecule has 2 N–H and O–H groups in total. The summed E-state index contributed by atoms with van der Waals surface area (Å²) >= 11 is 0. The summed E-state index contributed by atoms with van der Waals surface area (Å²) in [6.07, 6.45) is 2.68. The van der Waals surface area contributed by atoms with Crippen LogP contribution < -0.4 is 0 Å². The van der Waals surface area contributed by atoms with E-state index >= 15 is 0 Å². The van der Waals surface area contributed by atoms with Gasteiger partial charge in [-0.05, 0) is 11.6 Å². The zero-order chi connectivity index (χ0) is 10.1. The van der Waals surface area contributed by atoms with Gasteiger partial charge in [0, 0.05) is 6.92 Å². The van der Waals surface area contributed by atoms with E-state index in [-0.39, 0.29) is 0 Å². The third-order valence-electron chi connectivity index (χ3n) is 1.07. The molecule has 0 amide bonds. The maximum atomic E-state index is 9.00. The average Bonchev–Trinajstić information content (AvgIpc) is 2.06. The fourth-order valence-electron chi connectivity index (χ4n) is 0.650. The minimum atomic E-state index is -0.833. The van der Waals surface area contributed by atoms with Gasteiger partial charge in [-0.3, -0.25) is 4.79 Å². The molecule has 0 fully saturated rings. The number of aliphatic hydroxyl groups is 1. The Kier molecular flexibility index (Phi) is 5.97. The van der Waals surface area contributed by atoms with Crippen LogP contribution in [0.2, 0.25) is 0 Å². The Hall–Kier alpha value is -1.77. The smallest absolute Gasteiger partial charge is 0.300 e. The van der Waals surface area contributed by atoms with Crippen molar-refractivity contribution in [3.63, 3.8) is 0 Å². The molecule has 13 heavy (non-hydrogen) atoms. The molecule has 70 valence electrons. The van der Waals surface area contributed by atoms with Gasteiger partial charge in [-0.25, -0.2) is 0 Å². The lowest BCUT2D eigenvalue weighted by molar-refractivity contribution is -0.134. The standard InChI is InChI=1S/C8H8O.C2H4O2/c9-7-6-8-4-2-1-3-5-8;1-2(3)4/h1-7,9H;1H3,(H,3,4)/b7-6+;. The number of rotatable bonds is 1. The average molecular weight is 180 g/mol. The molecule has 0 bridgehead atoms. The molecule has 1 rings (SSSR count). The first kappa shape index (κ1) is 11.2. The van der Waals surface area contributed by atoms with Crippen molar-refractivity contribution < 1.29 is 15.0 Å². The second kappa shape index (κ2) is 6.91. The third kappa shape index (κ3) is 8.13. The van der Waals surface area contributed by atoms with E-state index in [0.717, 1.165) is 18.7 Å². The molecular formula is C10H12O3. The molecular weight excluding hydrogens is 168 g/mol. The highest BCUT2D eigenvalue weighted by Gasteiger charge is 1.78. The molecule has 0 aromatic heterocycles. The Labute approximate surface area is 77.0 Å². The summed E-state index contributed by atoms with van der Waals surface area (Å²) in [7, 11) is 0. The van der Waals surface area contributed by atoms with Gasteiger partial charge in [0.15, 0.2) is 0 Å². The van der Waals surface area contributed by atoms with E-state index in [4.69, 9.17) is 15.0 Å². The van der Waals surface area contributed by atoms with Crippen LogP contribution in [0, 0.1) is 0 Å². The van der Waals surface area contributed by atoms with Crippen LogP contribution in [0.25, 0.3) is 6.08 Å². The summed E-state index contributed by atoms with van der Waals surface area (Å²) in [4.78, 5) is 9.00. The van der Waals surface area contributed by atoms with Gasteiger partial charge in [0.25, 0.3) is 5.97 Å². The molecule has 0 aliphatic carbocycles. The van der Waals surface area contributed by atoms with E-state index in [9.17, 15) is 0 Å². The largest absolute Gasteiger partial charge is 0.516 e. The van der Waals surface area contributed by atoms with Crippen molar-refractivity contribution in [2.75, 3.05) is 0 Å². The molecule has 1 aromatic carbocycles. The lowest BCUT2D eigenvalue weighted by atomic mass is 10.2. The van der Waals surface area contributed by atoms with Crippen LogP contribution in [0.15, 0.2) is 36.6 Å². The van der Waals surface area contributed by atoms with Crippen LogP contribution in [0.5, 0.6) is 0 Å². The van der Waals surface area contributed by atoms with Crippen molar-refractivity contribution in [3.8, 4) is 0 Å². The van der Waals surface area contributed by atoms with Gasteiger partial charge in [-0.2, -0.15) is 0 Å². The van der Waals surface area contributed by atoms with Crippen LogP contribution in [0.1, 0.15) is 12.5 Å². The van der Waals surface area contributed by atoms with Crippen molar-refractivity contribution in [1.29, 1.82) is 0 Å². The van der Waals surface area contributed by atoms with E-state index in [0.29, 0.717) is 0 Å². The Bertz CT molecular complexity index is 261. The monoisotopic (exact) mass is 180 g/mol. The zero-order valence-electron chi connectivity index (χ0n) is 7.34. The van der Waals surface area contributed by atoms with E-state index in [1.54, 1.807) is 6.08 Å². The third-order valence-corrected chi connectivity index (χ3v) is 1.07. The van der Waals surface area contributed by atoms with Gasteiger partial charge < -0.3 is 10.2 Å². The van der Waals surface area contributed by atoms with Crippen LogP contribution in [0.3, 0.4) is 0 Å². The van der Waals surface area contributed by atoms with Gasteiger partial charge in [0.05, 0.1) is 6.26 Å². The first-order valence-corrected chi connectivity index (χ1v) is 3.72. The van der Waals surface area contributed by atoms with E-state index < -0.39 is 5.97 Å². The van der Waals surface area contributed by atoms with Crippen molar-refractivity contribution in [2.24, 2.45) is 0 Å². The maximum Gasteiger partial charge on any atom is 0.300 e. The van der Waals surface area contributed by atoms with Crippen LogP contribution in [-0.4, -0.2) is 16.2 Å². The number of carbonyl (C=O) groups is 1. The van der Waals surface area contributed by atoms with Crippen molar-refractivity contribution >= 4 is 12.0 Å². The second-order valence-electron chi connectivity index (χ2n) is 2.25. The van der Waals surface area contributed by atoms with Crippen LogP contribution in [0.4, 0.5) is 0 Å². The molecule has 0 spiro atoms.